The molecule has 0 amide bonds. The molecule has 0 aliphatic rings. The molecule has 0 heterocycles. The molecule has 1 aromatic rings. The fourth-order valence-corrected chi connectivity index (χ4v) is 1.95. The van der Waals surface area contributed by atoms with E-state index in [4.69, 9.17) is 0 Å². The first-order valence-electron chi connectivity index (χ1n) is 3.63. The van der Waals surface area contributed by atoms with Crippen LogP contribution >= 0.6 is 0 Å². The van der Waals surface area contributed by atoms with E-state index in [0.717, 1.165) is 6.26 Å². The zero-order chi connectivity index (χ0) is 10.1. The van der Waals surface area contributed by atoms with E-state index in [9.17, 15) is 12.8 Å². The topological polar surface area (TPSA) is 46.2 Å². The second-order valence-corrected chi connectivity index (χ2v) is 4.62. The lowest BCUT2D eigenvalue weighted by Gasteiger charge is -2.07. The van der Waals surface area contributed by atoms with Gasteiger partial charge in [0.1, 0.15) is 5.82 Å². The third-order valence-corrected chi connectivity index (χ3v) is 2.76. The molecule has 0 aromatic heterocycles. The van der Waals surface area contributed by atoms with Crippen molar-refractivity contribution >= 4 is 15.5 Å². The number of rotatable bonds is 2. The van der Waals surface area contributed by atoms with Gasteiger partial charge in [0.15, 0.2) is 9.84 Å². The Kier molecular flexibility index (Phi) is 2.56. The average Bonchev–Trinajstić information content (AvgIpc) is 2.02. The number of hydrogen-bond donors (Lipinski definition) is 1. The highest BCUT2D eigenvalue weighted by molar-refractivity contribution is 7.90. The fraction of sp³-hybridized carbons (Fsp3) is 0.250. The summed E-state index contributed by atoms with van der Waals surface area (Å²) in [4.78, 5) is -0.0185. The first kappa shape index (κ1) is 9.98. The summed E-state index contributed by atoms with van der Waals surface area (Å²) in [5, 5.41) is 2.52. The first-order valence-corrected chi connectivity index (χ1v) is 5.52. The van der Waals surface area contributed by atoms with E-state index >= 15 is 0 Å². The maximum atomic E-state index is 13.1. The zero-order valence-electron chi connectivity index (χ0n) is 7.33. The Balaban J connectivity index is 3.47. The van der Waals surface area contributed by atoms with Gasteiger partial charge in [-0.05, 0) is 12.1 Å². The number of halogens is 1. The predicted molar refractivity (Wildman–Crippen MR) is 49.1 cm³/mol. The Labute approximate surface area is 76.5 Å². The molecule has 0 aliphatic carbocycles. The van der Waals surface area contributed by atoms with Crippen LogP contribution in [-0.2, 0) is 9.84 Å². The molecule has 0 fully saturated rings. The molecule has 1 aromatic carbocycles. The normalized spacial score (nSPS) is 11.3. The number of para-hydroxylation sites is 1. The largest absolute Gasteiger partial charge is 0.385 e. The van der Waals surface area contributed by atoms with Crippen LogP contribution < -0.4 is 5.32 Å². The highest BCUT2D eigenvalue weighted by atomic mass is 32.2. The molecule has 0 atom stereocenters. The molecule has 0 saturated carbocycles. The Hall–Kier alpha value is -1.10. The van der Waals surface area contributed by atoms with Crippen molar-refractivity contribution < 1.29 is 12.8 Å². The lowest BCUT2D eigenvalue weighted by atomic mass is 10.3. The summed E-state index contributed by atoms with van der Waals surface area (Å²) in [5.41, 5.74) is 0.0185. The van der Waals surface area contributed by atoms with E-state index < -0.39 is 15.7 Å². The molecule has 1 N–H and O–H groups in total. The third-order valence-electron chi connectivity index (χ3n) is 1.62. The standard InChI is InChI=1S/C8H10FNO2S/c1-10-8-6(9)4-3-5-7(8)13(2,11)12/h3-5,10H,1-2H3. The highest BCUT2D eigenvalue weighted by Gasteiger charge is 2.14. The molecule has 0 spiro atoms. The lowest BCUT2D eigenvalue weighted by Crippen LogP contribution is -2.04. The van der Waals surface area contributed by atoms with E-state index in [1.165, 1.54) is 25.2 Å². The second kappa shape index (κ2) is 3.33. The monoisotopic (exact) mass is 203 g/mol. The molecular formula is C8H10FNO2S. The molecule has 0 radical (unpaired) electrons. The number of hydrogen-bond acceptors (Lipinski definition) is 3. The fourth-order valence-electron chi connectivity index (χ4n) is 1.06. The molecule has 13 heavy (non-hydrogen) atoms. The average molecular weight is 203 g/mol. The number of nitrogens with one attached hydrogen (secondary N) is 1. The third kappa shape index (κ3) is 1.98. The van der Waals surface area contributed by atoms with Crippen LogP contribution in [0, 0.1) is 5.82 Å². The summed E-state index contributed by atoms with van der Waals surface area (Å²) in [6.45, 7) is 0. The molecule has 3 nitrogen and oxygen atoms in total. The van der Waals surface area contributed by atoms with Crippen molar-refractivity contribution in [2.75, 3.05) is 18.6 Å². The minimum atomic E-state index is -3.37. The number of sulfone groups is 1. The molecular weight excluding hydrogens is 193 g/mol. The second-order valence-electron chi connectivity index (χ2n) is 2.64. The summed E-state index contributed by atoms with van der Waals surface area (Å²) in [5.74, 6) is -0.564. The van der Waals surface area contributed by atoms with Crippen LogP contribution in [0.15, 0.2) is 23.1 Å². The smallest absolute Gasteiger partial charge is 0.177 e. The van der Waals surface area contributed by atoms with Gasteiger partial charge in [0.05, 0.1) is 10.6 Å². The van der Waals surface area contributed by atoms with Crippen molar-refractivity contribution in [3.8, 4) is 0 Å². The molecule has 1 rings (SSSR count). The van der Waals surface area contributed by atoms with Gasteiger partial charge in [0.25, 0.3) is 0 Å². The quantitative estimate of drug-likeness (QED) is 0.787. The van der Waals surface area contributed by atoms with E-state index in [-0.39, 0.29) is 10.6 Å². The zero-order valence-corrected chi connectivity index (χ0v) is 8.15. The first-order chi connectivity index (χ1) is 5.96. The van der Waals surface area contributed by atoms with E-state index in [2.05, 4.69) is 5.32 Å². The minimum absolute atomic E-state index is 0.0185. The van der Waals surface area contributed by atoms with Crippen LogP contribution in [0.5, 0.6) is 0 Å². The Morgan fingerprint density at radius 3 is 2.38 bits per heavy atom. The van der Waals surface area contributed by atoms with Gasteiger partial charge < -0.3 is 5.32 Å². The van der Waals surface area contributed by atoms with Crippen LogP contribution in [0.25, 0.3) is 0 Å². The Morgan fingerprint density at radius 2 is 2.00 bits per heavy atom. The van der Waals surface area contributed by atoms with Gasteiger partial charge in [0, 0.05) is 13.3 Å². The Bertz CT molecular complexity index is 414. The van der Waals surface area contributed by atoms with Crippen LogP contribution in [0.4, 0.5) is 10.1 Å². The molecule has 0 aliphatic heterocycles. The van der Waals surface area contributed by atoms with Crippen molar-refractivity contribution in [2.45, 2.75) is 4.90 Å². The van der Waals surface area contributed by atoms with Crippen LogP contribution in [-0.4, -0.2) is 21.7 Å². The van der Waals surface area contributed by atoms with Crippen LogP contribution in [0.3, 0.4) is 0 Å². The van der Waals surface area contributed by atoms with Gasteiger partial charge in [-0.15, -0.1) is 0 Å². The van der Waals surface area contributed by atoms with Gasteiger partial charge in [-0.1, -0.05) is 6.07 Å². The maximum Gasteiger partial charge on any atom is 0.177 e. The molecule has 0 bridgehead atoms. The van der Waals surface area contributed by atoms with Crippen LogP contribution in [0.2, 0.25) is 0 Å². The van der Waals surface area contributed by atoms with Crippen molar-refractivity contribution in [3.05, 3.63) is 24.0 Å². The van der Waals surface area contributed by atoms with Crippen molar-refractivity contribution in [2.24, 2.45) is 0 Å². The maximum absolute atomic E-state index is 13.1. The summed E-state index contributed by atoms with van der Waals surface area (Å²) in [7, 11) is -1.89. The predicted octanol–water partition coefficient (Wildman–Crippen LogP) is 1.27. The molecule has 72 valence electrons. The van der Waals surface area contributed by atoms with Gasteiger partial charge in [-0.3, -0.25) is 0 Å². The summed E-state index contributed by atoms with van der Waals surface area (Å²) < 4.78 is 35.4. The van der Waals surface area contributed by atoms with Crippen LogP contribution in [0.1, 0.15) is 0 Å². The van der Waals surface area contributed by atoms with E-state index in [0.29, 0.717) is 0 Å². The Morgan fingerprint density at radius 1 is 1.38 bits per heavy atom. The van der Waals surface area contributed by atoms with Gasteiger partial charge in [-0.25, -0.2) is 12.8 Å². The van der Waals surface area contributed by atoms with E-state index in [1.54, 1.807) is 0 Å². The van der Waals surface area contributed by atoms with Crippen molar-refractivity contribution in [1.29, 1.82) is 0 Å². The summed E-state index contributed by atoms with van der Waals surface area (Å²) >= 11 is 0. The summed E-state index contributed by atoms with van der Waals surface area (Å²) in [6.07, 6.45) is 1.04. The lowest BCUT2D eigenvalue weighted by molar-refractivity contribution is 0.597. The van der Waals surface area contributed by atoms with Crippen molar-refractivity contribution in [1.82, 2.24) is 0 Å². The molecule has 0 saturated heterocycles. The van der Waals surface area contributed by atoms with Gasteiger partial charge >= 0.3 is 0 Å². The van der Waals surface area contributed by atoms with Crippen molar-refractivity contribution in [3.63, 3.8) is 0 Å². The molecule has 5 heteroatoms. The minimum Gasteiger partial charge on any atom is -0.385 e. The van der Waals surface area contributed by atoms with Gasteiger partial charge in [-0.2, -0.15) is 0 Å². The summed E-state index contributed by atoms with van der Waals surface area (Å²) in [6, 6.07) is 3.94. The number of benzene rings is 1. The van der Waals surface area contributed by atoms with E-state index in [1.807, 2.05) is 0 Å². The molecule has 0 unspecified atom stereocenters. The number of anilines is 1. The SMILES string of the molecule is CNc1c(F)cccc1S(C)(=O)=O. The van der Waals surface area contributed by atoms with Gasteiger partial charge in [0.2, 0.25) is 0 Å². The highest BCUT2D eigenvalue weighted by Crippen LogP contribution is 2.23.